The molecule has 0 radical (unpaired) electrons. The van der Waals surface area contributed by atoms with E-state index in [0.717, 1.165) is 0 Å². The zero-order chi connectivity index (χ0) is 19.2. The van der Waals surface area contributed by atoms with Crippen molar-refractivity contribution in [3.05, 3.63) is 48.5 Å². The van der Waals surface area contributed by atoms with Crippen LogP contribution in [0.25, 0.3) is 0 Å². The van der Waals surface area contributed by atoms with E-state index in [-0.39, 0.29) is 10.8 Å². The summed E-state index contributed by atoms with van der Waals surface area (Å²) in [6.07, 6.45) is -0.682. The van der Waals surface area contributed by atoms with Crippen LogP contribution in [0.3, 0.4) is 0 Å². The zero-order valence-electron chi connectivity index (χ0n) is 14.9. The number of likely N-dealkylation sites (N-methyl/N-ethyl adjacent to an activating group) is 1. The van der Waals surface area contributed by atoms with Crippen LogP contribution in [0.1, 0.15) is 13.8 Å². The van der Waals surface area contributed by atoms with Gasteiger partial charge in [0, 0.05) is 7.05 Å². The van der Waals surface area contributed by atoms with E-state index in [0.29, 0.717) is 23.8 Å². The van der Waals surface area contributed by atoms with Crippen molar-refractivity contribution >= 4 is 21.6 Å². The third-order valence-corrected chi connectivity index (χ3v) is 4.88. The highest BCUT2D eigenvalue weighted by Gasteiger charge is 2.17. The Labute approximate surface area is 153 Å². The van der Waals surface area contributed by atoms with Gasteiger partial charge in [-0.25, -0.2) is 8.42 Å². The summed E-state index contributed by atoms with van der Waals surface area (Å²) in [7, 11) is -2.27. The van der Waals surface area contributed by atoms with E-state index < -0.39 is 16.1 Å². The molecule has 7 nitrogen and oxygen atoms in total. The number of hydrogen-bond acceptors (Lipinski definition) is 5. The van der Waals surface area contributed by atoms with Crippen molar-refractivity contribution in [3.8, 4) is 11.5 Å². The van der Waals surface area contributed by atoms with E-state index in [1.807, 2.05) is 6.92 Å². The topological polar surface area (TPSA) is 93.7 Å². The maximum Gasteiger partial charge on any atom is 0.262 e. The molecule has 0 unspecified atom stereocenters. The Bertz CT molecular complexity index is 850. The van der Waals surface area contributed by atoms with Crippen molar-refractivity contribution in [2.75, 3.05) is 18.4 Å². The number of carbonyl (C=O) groups excluding carboxylic acids is 1. The number of rotatable bonds is 8. The number of sulfonamides is 1. The number of para-hydroxylation sites is 2. The molecule has 0 fully saturated rings. The van der Waals surface area contributed by atoms with Crippen LogP contribution in [0, 0.1) is 0 Å². The van der Waals surface area contributed by atoms with Crippen LogP contribution in [0.5, 0.6) is 11.5 Å². The van der Waals surface area contributed by atoms with Crippen LogP contribution in [0.2, 0.25) is 0 Å². The molecule has 0 heterocycles. The lowest BCUT2D eigenvalue weighted by atomic mass is 10.3. The van der Waals surface area contributed by atoms with Crippen LogP contribution in [0.15, 0.2) is 53.4 Å². The third-order valence-electron chi connectivity index (χ3n) is 3.49. The van der Waals surface area contributed by atoms with Gasteiger partial charge >= 0.3 is 0 Å². The van der Waals surface area contributed by atoms with Crippen LogP contribution in [-0.2, 0) is 14.8 Å². The Kier molecular flexibility index (Phi) is 6.46. The Morgan fingerprint density at radius 1 is 1.12 bits per heavy atom. The molecule has 0 spiro atoms. The van der Waals surface area contributed by atoms with Gasteiger partial charge in [-0.1, -0.05) is 12.1 Å². The molecule has 2 N–H and O–H groups in total. The van der Waals surface area contributed by atoms with Gasteiger partial charge in [0.05, 0.1) is 17.2 Å². The van der Waals surface area contributed by atoms with Crippen molar-refractivity contribution in [1.29, 1.82) is 0 Å². The first-order chi connectivity index (χ1) is 12.4. The average molecular weight is 378 g/mol. The Morgan fingerprint density at radius 3 is 2.38 bits per heavy atom. The lowest BCUT2D eigenvalue weighted by molar-refractivity contribution is -0.126. The van der Waals surface area contributed by atoms with E-state index in [1.54, 1.807) is 31.2 Å². The monoisotopic (exact) mass is 378 g/mol. The van der Waals surface area contributed by atoms with Crippen molar-refractivity contribution in [2.24, 2.45) is 0 Å². The minimum atomic E-state index is -3.79. The number of ether oxygens (including phenoxy) is 2. The second kappa shape index (κ2) is 8.57. The summed E-state index contributed by atoms with van der Waals surface area (Å²) >= 11 is 0. The fourth-order valence-corrected chi connectivity index (χ4v) is 3.26. The van der Waals surface area contributed by atoms with Crippen molar-refractivity contribution < 1.29 is 22.7 Å². The van der Waals surface area contributed by atoms with Crippen molar-refractivity contribution in [1.82, 2.24) is 5.32 Å². The first kappa shape index (κ1) is 19.6. The Hall–Kier alpha value is -2.74. The largest absolute Gasteiger partial charge is 0.492 e. The van der Waals surface area contributed by atoms with Gasteiger partial charge in [-0.3, -0.25) is 9.52 Å². The van der Waals surface area contributed by atoms with Crippen LogP contribution in [0.4, 0.5) is 5.69 Å². The molecule has 0 aliphatic rings. The van der Waals surface area contributed by atoms with Gasteiger partial charge in [0.1, 0.15) is 11.5 Å². The number of hydrogen-bond donors (Lipinski definition) is 2. The molecule has 0 aliphatic heterocycles. The maximum absolute atomic E-state index is 12.6. The second-order valence-corrected chi connectivity index (χ2v) is 7.06. The first-order valence-corrected chi connectivity index (χ1v) is 9.58. The fourth-order valence-electron chi connectivity index (χ4n) is 2.19. The molecule has 140 valence electrons. The standard InChI is InChI=1S/C18H22N2O5S/c1-4-24-17-8-6-5-7-16(17)20-26(22,23)15-11-9-14(10-12-15)25-13(2)18(21)19-3/h5-13,20H,4H2,1-3H3,(H,19,21)/t13-/m0/s1. The zero-order valence-corrected chi connectivity index (χ0v) is 15.7. The van der Waals surface area contributed by atoms with Gasteiger partial charge in [-0.15, -0.1) is 0 Å². The first-order valence-electron chi connectivity index (χ1n) is 8.10. The Balaban J connectivity index is 2.16. The summed E-state index contributed by atoms with van der Waals surface area (Å²) < 4.78 is 38.6. The van der Waals surface area contributed by atoms with Gasteiger partial charge in [0.25, 0.3) is 15.9 Å². The van der Waals surface area contributed by atoms with E-state index in [2.05, 4.69) is 10.0 Å². The van der Waals surface area contributed by atoms with Crippen LogP contribution >= 0.6 is 0 Å². The number of benzene rings is 2. The van der Waals surface area contributed by atoms with Gasteiger partial charge in [0.2, 0.25) is 0 Å². The summed E-state index contributed by atoms with van der Waals surface area (Å²) in [6, 6.07) is 12.6. The van der Waals surface area contributed by atoms with Crippen molar-refractivity contribution in [2.45, 2.75) is 24.8 Å². The molecule has 0 saturated carbocycles. The van der Waals surface area contributed by atoms with E-state index in [9.17, 15) is 13.2 Å². The lowest BCUT2D eigenvalue weighted by Gasteiger charge is -2.14. The van der Waals surface area contributed by atoms with Gasteiger partial charge in [-0.2, -0.15) is 0 Å². The summed E-state index contributed by atoms with van der Waals surface area (Å²) in [5.41, 5.74) is 0.364. The molecule has 2 aromatic rings. The number of nitrogens with one attached hydrogen (secondary N) is 2. The molecule has 0 bridgehead atoms. The van der Waals surface area contributed by atoms with E-state index >= 15 is 0 Å². The molecular weight excluding hydrogens is 356 g/mol. The highest BCUT2D eigenvalue weighted by molar-refractivity contribution is 7.92. The SMILES string of the molecule is CCOc1ccccc1NS(=O)(=O)c1ccc(O[C@@H](C)C(=O)NC)cc1. The molecule has 0 aromatic heterocycles. The fraction of sp³-hybridized carbons (Fsp3) is 0.278. The second-order valence-electron chi connectivity index (χ2n) is 5.38. The number of amides is 1. The number of anilines is 1. The summed E-state index contributed by atoms with van der Waals surface area (Å²) in [5, 5.41) is 2.48. The lowest BCUT2D eigenvalue weighted by Crippen LogP contribution is -2.33. The molecule has 1 amide bonds. The summed E-state index contributed by atoms with van der Waals surface area (Å²) in [4.78, 5) is 11.5. The normalized spacial score (nSPS) is 12.1. The molecule has 2 rings (SSSR count). The highest BCUT2D eigenvalue weighted by atomic mass is 32.2. The minimum Gasteiger partial charge on any atom is -0.492 e. The molecular formula is C18H22N2O5S. The quantitative estimate of drug-likeness (QED) is 0.736. The highest BCUT2D eigenvalue weighted by Crippen LogP contribution is 2.27. The average Bonchev–Trinajstić information content (AvgIpc) is 2.63. The van der Waals surface area contributed by atoms with Crippen LogP contribution in [-0.4, -0.2) is 34.1 Å². The molecule has 8 heteroatoms. The number of carbonyl (C=O) groups is 1. The Morgan fingerprint density at radius 2 is 1.77 bits per heavy atom. The summed E-state index contributed by atoms with van der Waals surface area (Å²) in [6.45, 7) is 3.85. The van der Waals surface area contributed by atoms with Gasteiger partial charge in [-0.05, 0) is 50.2 Å². The maximum atomic E-state index is 12.6. The minimum absolute atomic E-state index is 0.0729. The molecule has 0 aliphatic carbocycles. The van der Waals surface area contributed by atoms with E-state index in [1.165, 1.54) is 31.3 Å². The smallest absolute Gasteiger partial charge is 0.262 e. The molecule has 26 heavy (non-hydrogen) atoms. The van der Waals surface area contributed by atoms with Gasteiger partial charge in [0.15, 0.2) is 6.10 Å². The van der Waals surface area contributed by atoms with E-state index in [4.69, 9.17) is 9.47 Å². The van der Waals surface area contributed by atoms with Crippen molar-refractivity contribution in [3.63, 3.8) is 0 Å². The van der Waals surface area contributed by atoms with Gasteiger partial charge < -0.3 is 14.8 Å². The molecule has 1 atom stereocenters. The predicted octanol–water partition coefficient (Wildman–Crippen LogP) is 2.40. The third kappa shape index (κ3) is 4.89. The molecule has 2 aromatic carbocycles. The van der Waals surface area contributed by atoms with Crippen LogP contribution < -0.4 is 19.5 Å². The predicted molar refractivity (Wildman–Crippen MR) is 99.0 cm³/mol. The summed E-state index contributed by atoms with van der Waals surface area (Å²) in [5.74, 6) is 0.587. The molecule has 0 saturated heterocycles.